The molecule has 0 unspecified atom stereocenters. The van der Waals surface area contributed by atoms with Crippen molar-refractivity contribution in [2.45, 2.75) is 4.90 Å². The van der Waals surface area contributed by atoms with Crippen LogP contribution in [0.15, 0.2) is 106 Å². The second kappa shape index (κ2) is 6.77. The Morgan fingerprint density at radius 2 is 1.42 bits per heavy atom. The molecule has 0 aromatic heterocycles. The molecule has 0 atom stereocenters. The van der Waals surface area contributed by atoms with Crippen LogP contribution in [0.5, 0.6) is 0 Å². The van der Waals surface area contributed by atoms with Crippen LogP contribution in [0.3, 0.4) is 0 Å². The number of para-hydroxylation sites is 2. The highest BCUT2D eigenvalue weighted by Crippen LogP contribution is 2.41. The van der Waals surface area contributed by atoms with Gasteiger partial charge >= 0.3 is 0 Å². The van der Waals surface area contributed by atoms with Gasteiger partial charge in [-0.2, -0.15) is 0 Å². The van der Waals surface area contributed by atoms with E-state index in [1.165, 1.54) is 4.90 Å². The molecule has 0 radical (unpaired) electrons. The molecular weight excluding hydrogens is 312 g/mol. The van der Waals surface area contributed by atoms with E-state index in [0.29, 0.717) is 0 Å². The monoisotopic (exact) mass is 328 g/mol. The van der Waals surface area contributed by atoms with Crippen LogP contribution < -0.4 is 5.32 Å². The van der Waals surface area contributed by atoms with E-state index in [0.717, 1.165) is 27.6 Å². The summed E-state index contributed by atoms with van der Waals surface area (Å²) in [5, 5.41) is 3.38. The third-order valence-corrected chi connectivity index (χ3v) is 4.84. The van der Waals surface area contributed by atoms with Gasteiger partial charge in [-0.15, -0.1) is 0 Å². The van der Waals surface area contributed by atoms with Crippen molar-refractivity contribution in [3.8, 4) is 0 Å². The molecule has 0 saturated heterocycles. The van der Waals surface area contributed by atoms with Crippen molar-refractivity contribution in [3.63, 3.8) is 0 Å². The Hall–Kier alpha value is -2.78. The molecule has 4 rings (SSSR count). The molecule has 3 aromatic carbocycles. The molecule has 0 aliphatic carbocycles. The maximum atomic E-state index is 4.90. The van der Waals surface area contributed by atoms with Gasteiger partial charge in [-0.25, -0.2) is 4.99 Å². The number of nitrogens with zero attached hydrogens (tertiary/aromatic N) is 1. The maximum Gasteiger partial charge on any atom is 0.0863 e. The number of benzene rings is 3. The molecule has 0 fully saturated rings. The molecule has 3 aromatic rings. The summed E-state index contributed by atoms with van der Waals surface area (Å²) in [6, 6.07) is 28.8. The molecule has 0 spiro atoms. The minimum Gasteiger partial charge on any atom is -0.361 e. The van der Waals surface area contributed by atoms with Crippen LogP contribution in [0.25, 0.3) is 0 Å². The Morgan fingerprint density at radius 3 is 2.21 bits per heavy atom. The lowest BCUT2D eigenvalue weighted by atomic mass is 10.1. The summed E-state index contributed by atoms with van der Waals surface area (Å²) in [6.07, 6.45) is 2.04. The van der Waals surface area contributed by atoms with Gasteiger partial charge in [0.25, 0.3) is 0 Å². The first-order valence-electron chi connectivity index (χ1n) is 7.83. The van der Waals surface area contributed by atoms with Gasteiger partial charge in [-0.1, -0.05) is 72.4 Å². The first kappa shape index (κ1) is 14.8. The Labute approximate surface area is 146 Å². The lowest BCUT2D eigenvalue weighted by Gasteiger charge is -2.18. The van der Waals surface area contributed by atoms with E-state index in [9.17, 15) is 0 Å². The quantitative estimate of drug-likeness (QED) is 0.650. The molecule has 0 bridgehead atoms. The minimum absolute atomic E-state index is 1.00. The summed E-state index contributed by atoms with van der Waals surface area (Å²) in [5.41, 5.74) is 4.22. The fraction of sp³-hybridized carbons (Fsp3) is 0. The van der Waals surface area contributed by atoms with Crippen LogP contribution in [-0.2, 0) is 0 Å². The number of fused-ring (bicyclic) bond motifs is 1. The van der Waals surface area contributed by atoms with Gasteiger partial charge in [-0.05, 0) is 24.3 Å². The number of rotatable bonds is 3. The van der Waals surface area contributed by atoms with Gasteiger partial charge in [0.15, 0.2) is 0 Å². The number of allylic oxidation sites excluding steroid dienone is 1. The van der Waals surface area contributed by atoms with Gasteiger partial charge in [-0.3, -0.25) is 0 Å². The standard InChI is InChI=1S/C21H16N2S/c1-3-9-16(10-4-1)21-20(15-22-17-11-5-2-6-12-17)24-19-14-8-7-13-18(19)23-21/h1-15,22H/b20-15-. The van der Waals surface area contributed by atoms with Crippen molar-refractivity contribution in [1.29, 1.82) is 0 Å². The van der Waals surface area contributed by atoms with E-state index in [-0.39, 0.29) is 0 Å². The smallest absolute Gasteiger partial charge is 0.0863 e. The maximum absolute atomic E-state index is 4.90. The fourth-order valence-corrected chi connectivity index (χ4v) is 3.54. The predicted molar refractivity (Wildman–Crippen MR) is 103 cm³/mol. The predicted octanol–water partition coefficient (Wildman–Crippen LogP) is 5.87. The molecule has 1 aliphatic rings. The van der Waals surface area contributed by atoms with E-state index in [2.05, 4.69) is 47.8 Å². The normalized spacial score (nSPS) is 14.8. The van der Waals surface area contributed by atoms with Crippen molar-refractivity contribution < 1.29 is 0 Å². The average Bonchev–Trinajstić information content (AvgIpc) is 2.67. The zero-order valence-electron chi connectivity index (χ0n) is 13.0. The number of thioether (sulfide) groups is 1. The van der Waals surface area contributed by atoms with Crippen molar-refractivity contribution in [1.82, 2.24) is 0 Å². The van der Waals surface area contributed by atoms with Crippen molar-refractivity contribution in [2.75, 3.05) is 5.32 Å². The topological polar surface area (TPSA) is 24.4 Å². The summed E-state index contributed by atoms with van der Waals surface area (Å²) in [7, 11) is 0. The SMILES string of the molecule is C(/Nc1ccccc1)=C1/Sc2ccccc2N=C1c1ccccc1. The van der Waals surface area contributed by atoms with Crippen LogP contribution in [0, 0.1) is 0 Å². The minimum atomic E-state index is 1.00. The Bertz CT molecular complexity index is 899. The third kappa shape index (κ3) is 3.12. The van der Waals surface area contributed by atoms with Crippen molar-refractivity contribution in [3.05, 3.63) is 102 Å². The van der Waals surface area contributed by atoms with E-state index < -0.39 is 0 Å². The number of nitrogens with one attached hydrogen (secondary N) is 1. The summed E-state index contributed by atoms with van der Waals surface area (Å²) >= 11 is 1.75. The number of anilines is 1. The van der Waals surface area contributed by atoms with Crippen LogP contribution >= 0.6 is 11.8 Å². The molecule has 0 saturated carbocycles. The van der Waals surface area contributed by atoms with Crippen LogP contribution in [0.2, 0.25) is 0 Å². The van der Waals surface area contributed by atoms with Gasteiger partial charge in [0.2, 0.25) is 0 Å². The Balaban J connectivity index is 1.74. The first-order chi connectivity index (χ1) is 11.9. The zero-order chi connectivity index (χ0) is 16.2. The van der Waals surface area contributed by atoms with Gasteiger partial charge in [0.1, 0.15) is 0 Å². The van der Waals surface area contributed by atoms with Crippen LogP contribution in [0.4, 0.5) is 11.4 Å². The van der Waals surface area contributed by atoms with Crippen molar-refractivity contribution in [2.24, 2.45) is 4.99 Å². The highest BCUT2D eigenvalue weighted by Gasteiger charge is 2.19. The molecule has 116 valence electrons. The molecule has 1 N–H and O–H groups in total. The number of hydrogen-bond acceptors (Lipinski definition) is 3. The largest absolute Gasteiger partial charge is 0.361 e. The summed E-state index contributed by atoms with van der Waals surface area (Å²) in [6.45, 7) is 0. The van der Waals surface area contributed by atoms with Crippen LogP contribution in [-0.4, -0.2) is 5.71 Å². The lowest BCUT2D eigenvalue weighted by molar-refractivity contribution is 1.35. The molecule has 3 heteroatoms. The zero-order valence-corrected chi connectivity index (χ0v) is 13.8. The summed E-state index contributed by atoms with van der Waals surface area (Å²) in [5.74, 6) is 0. The van der Waals surface area contributed by atoms with E-state index in [4.69, 9.17) is 4.99 Å². The molecule has 2 nitrogen and oxygen atoms in total. The third-order valence-electron chi connectivity index (χ3n) is 3.74. The summed E-state index contributed by atoms with van der Waals surface area (Å²) in [4.78, 5) is 7.19. The fourth-order valence-electron chi connectivity index (χ4n) is 2.56. The average molecular weight is 328 g/mol. The second-order valence-electron chi connectivity index (χ2n) is 5.42. The Kier molecular flexibility index (Phi) is 4.17. The molecule has 24 heavy (non-hydrogen) atoms. The molecular formula is C21H16N2S. The number of hydrogen-bond donors (Lipinski definition) is 1. The molecule has 0 amide bonds. The lowest BCUT2D eigenvalue weighted by Crippen LogP contribution is -2.07. The van der Waals surface area contributed by atoms with E-state index >= 15 is 0 Å². The Morgan fingerprint density at radius 1 is 0.750 bits per heavy atom. The second-order valence-corrected chi connectivity index (χ2v) is 6.50. The van der Waals surface area contributed by atoms with Gasteiger partial charge in [0, 0.05) is 22.3 Å². The highest BCUT2D eigenvalue weighted by atomic mass is 32.2. The van der Waals surface area contributed by atoms with E-state index in [1.807, 2.05) is 48.7 Å². The van der Waals surface area contributed by atoms with Gasteiger partial charge < -0.3 is 5.32 Å². The van der Waals surface area contributed by atoms with Crippen molar-refractivity contribution >= 4 is 28.8 Å². The van der Waals surface area contributed by atoms with Gasteiger partial charge in [0.05, 0.1) is 16.3 Å². The molecule has 1 aliphatic heterocycles. The summed E-state index contributed by atoms with van der Waals surface area (Å²) < 4.78 is 0. The molecule has 1 heterocycles. The highest BCUT2D eigenvalue weighted by molar-refractivity contribution is 8.04. The first-order valence-corrected chi connectivity index (χ1v) is 8.65. The van der Waals surface area contributed by atoms with Crippen LogP contribution in [0.1, 0.15) is 5.56 Å². The van der Waals surface area contributed by atoms with E-state index in [1.54, 1.807) is 11.8 Å². The number of aliphatic imine (C=N–C) groups is 1.